The number of nitrogens with zero attached hydrogens (tertiary/aromatic N) is 2. The number of anilines is 1. The molecule has 120 valence electrons. The van der Waals surface area contributed by atoms with Gasteiger partial charge in [0.2, 0.25) is 0 Å². The molecule has 1 atom stereocenters. The highest BCUT2D eigenvalue weighted by atomic mass is 16.2. The number of amides is 2. The Morgan fingerprint density at radius 3 is 2.82 bits per heavy atom. The molecule has 2 amide bonds. The van der Waals surface area contributed by atoms with Gasteiger partial charge in [0.15, 0.2) is 0 Å². The van der Waals surface area contributed by atoms with Crippen molar-refractivity contribution in [3.8, 4) is 0 Å². The van der Waals surface area contributed by atoms with Crippen molar-refractivity contribution >= 4 is 17.9 Å². The second-order valence-electron chi connectivity index (χ2n) is 6.66. The monoisotopic (exact) mass is 302 g/mol. The van der Waals surface area contributed by atoms with Crippen LogP contribution in [0.25, 0.3) is 0 Å². The van der Waals surface area contributed by atoms with E-state index in [2.05, 4.69) is 62.2 Å². The van der Waals surface area contributed by atoms with Crippen LogP contribution in [-0.4, -0.2) is 24.3 Å². The summed E-state index contributed by atoms with van der Waals surface area (Å²) in [5.74, 6) is 0.490. The number of nitrogens with two attached hydrogens (primary N) is 1. The summed E-state index contributed by atoms with van der Waals surface area (Å²) in [6.07, 6.45) is 2.77. The van der Waals surface area contributed by atoms with Crippen LogP contribution in [0.4, 0.5) is 10.5 Å². The summed E-state index contributed by atoms with van der Waals surface area (Å²) >= 11 is 0. The molecule has 0 bridgehead atoms. The standard InChI is InChI=1S/C17H26N4O/c1-6-21-15-7-11(2)13(10-19-20-16(18)22)8-14(15)12(3)9-17(21,4)5/h7-8,10,12H,6,9H2,1-5H3,(H3,18,20,22)/b19-10-/t12-/m1/s1. The van der Waals surface area contributed by atoms with Crippen LogP contribution in [0.1, 0.15) is 56.7 Å². The van der Waals surface area contributed by atoms with Crippen molar-refractivity contribution in [2.45, 2.75) is 52.5 Å². The molecule has 1 heterocycles. The summed E-state index contributed by atoms with van der Waals surface area (Å²) in [6.45, 7) is 12.1. The number of carbonyl (C=O) groups is 1. The number of benzene rings is 1. The molecule has 1 aromatic rings. The van der Waals surface area contributed by atoms with Crippen LogP contribution in [0.15, 0.2) is 17.2 Å². The zero-order valence-electron chi connectivity index (χ0n) is 14.1. The molecule has 1 aliphatic heterocycles. The third kappa shape index (κ3) is 3.08. The summed E-state index contributed by atoms with van der Waals surface area (Å²) in [7, 11) is 0. The Balaban J connectivity index is 2.44. The maximum absolute atomic E-state index is 10.7. The first-order valence-corrected chi connectivity index (χ1v) is 7.77. The molecule has 0 unspecified atom stereocenters. The first-order valence-electron chi connectivity index (χ1n) is 7.77. The predicted octanol–water partition coefficient (Wildman–Crippen LogP) is 3.11. The van der Waals surface area contributed by atoms with Gasteiger partial charge in [-0.05, 0) is 68.9 Å². The maximum Gasteiger partial charge on any atom is 0.332 e. The number of hydrogen-bond donors (Lipinski definition) is 2. The van der Waals surface area contributed by atoms with Crippen LogP contribution < -0.4 is 16.1 Å². The van der Waals surface area contributed by atoms with Gasteiger partial charge in [0.25, 0.3) is 0 Å². The lowest BCUT2D eigenvalue weighted by Gasteiger charge is -2.47. The number of hydrazone groups is 1. The number of urea groups is 1. The molecule has 0 aromatic heterocycles. The van der Waals surface area contributed by atoms with Crippen molar-refractivity contribution in [1.29, 1.82) is 0 Å². The van der Waals surface area contributed by atoms with E-state index in [-0.39, 0.29) is 5.54 Å². The normalized spacial score (nSPS) is 20.0. The van der Waals surface area contributed by atoms with E-state index in [0.717, 1.165) is 24.1 Å². The molecule has 0 radical (unpaired) electrons. The van der Waals surface area contributed by atoms with Crippen molar-refractivity contribution in [2.24, 2.45) is 10.8 Å². The van der Waals surface area contributed by atoms with Crippen LogP contribution >= 0.6 is 0 Å². The summed E-state index contributed by atoms with van der Waals surface area (Å²) in [6, 6.07) is 3.75. The Morgan fingerprint density at radius 1 is 1.55 bits per heavy atom. The summed E-state index contributed by atoms with van der Waals surface area (Å²) < 4.78 is 0. The number of hydrogen-bond acceptors (Lipinski definition) is 3. The minimum atomic E-state index is -0.654. The van der Waals surface area contributed by atoms with E-state index in [9.17, 15) is 4.79 Å². The Labute approximate surface area is 132 Å². The SMILES string of the molecule is CCN1c2cc(C)c(/C=N\NC(N)=O)cc2[C@H](C)CC1(C)C. The van der Waals surface area contributed by atoms with Crippen LogP contribution in [0.5, 0.6) is 0 Å². The lowest BCUT2D eigenvalue weighted by atomic mass is 9.79. The highest BCUT2D eigenvalue weighted by Gasteiger charge is 2.35. The Kier molecular flexibility index (Phi) is 4.44. The third-order valence-corrected chi connectivity index (χ3v) is 4.47. The van der Waals surface area contributed by atoms with Gasteiger partial charge in [-0.3, -0.25) is 0 Å². The summed E-state index contributed by atoms with van der Waals surface area (Å²) in [5, 5.41) is 3.88. The van der Waals surface area contributed by atoms with Gasteiger partial charge in [-0.25, -0.2) is 10.2 Å². The zero-order chi connectivity index (χ0) is 16.5. The van der Waals surface area contributed by atoms with Gasteiger partial charge >= 0.3 is 6.03 Å². The number of carbonyl (C=O) groups excluding carboxylic acids is 1. The van der Waals surface area contributed by atoms with E-state index >= 15 is 0 Å². The number of aryl methyl sites for hydroxylation is 1. The van der Waals surface area contributed by atoms with Gasteiger partial charge in [0, 0.05) is 17.8 Å². The lowest BCUT2D eigenvalue weighted by molar-refractivity contribution is 0.249. The molecule has 0 saturated heterocycles. The average Bonchev–Trinajstić information content (AvgIpc) is 2.39. The van der Waals surface area contributed by atoms with Gasteiger partial charge in [0.05, 0.1) is 6.21 Å². The van der Waals surface area contributed by atoms with Crippen molar-refractivity contribution in [3.05, 3.63) is 28.8 Å². The fraction of sp³-hybridized carbons (Fsp3) is 0.529. The van der Waals surface area contributed by atoms with Gasteiger partial charge in [-0.1, -0.05) is 6.92 Å². The fourth-order valence-corrected chi connectivity index (χ4v) is 3.55. The molecule has 22 heavy (non-hydrogen) atoms. The molecule has 0 saturated carbocycles. The first kappa shape index (κ1) is 16.3. The minimum absolute atomic E-state index is 0.163. The van der Waals surface area contributed by atoms with Crippen molar-refractivity contribution in [1.82, 2.24) is 5.43 Å². The number of primary amides is 1. The molecular weight excluding hydrogens is 276 g/mol. The number of rotatable bonds is 3. The smallest absolute Gasteiger partial charge is 0.332 e. The topological polar surface area (TPSA) is 70.7 Å². The van der Waals surface area contributed by atoms with Gasteiger partial charge in [-0.15, -0.1) is 0 Å². The van der Waals surface area contributed by atoms with Crippen LogP contribution in [0.3, 0.4) is 0 Å². The highest BCUT2D eigenvalue weighted by molar-refractivity contribution is 5.85. The van der Waals surface area contributed by atoms with E-state index in [1.54, 1.807) is 6.21 Å². The maximum atomic E-state index is 10.7. The Morgan fingerprint density at radius 2 is 2.23 bits per heavy atom. The molecule has 5 heteroatoms. The molecule has 1 aromatic carbocycles. The highest BCUT2D eigenvalue weighted by Crippen LogP contribution is 2.43. The molecule has 1 aliphatic rings. The van der Waals surface area contributed by atoms with Crippen molar-refractivity contribution < 1.29 is 4.79 Å². The number of fused-ring (bicyclic) bond motifs is 1. The largest absolute Gasteiger partial charge is 0.366 e. The van der Waals surface area contributed by atoms with Crippen molar-refractivity contribution in [2.75, 3.05) is 11.4 Å². The average molecular weight is 302 g/mol. The van der Waals surface area contributed by atoms with Gasteiger partial charge < -0.3 is 10.6 Å². The Hall–Kier alpha value is -2.04. The van der Waals surface area contributed by atoms with E-state index < -0.39 is 6.03 Å². The van der Waals surface area contributed by atoms with E-state index in [1.807, 2.05) is 0 Å². The van der Waals surface area contributed by atoms with Crippen LogP contribution in [0, 0.1) is 6.92 Å². The molecular formula is C17H26N4O. The fourth-order valence-electron chi connectivity index (χ4n) is 3.55. The van der Waals surface area contributed by atoms with Gasteiger partial charge in [-0.2, -0.15) is 5.10 Å². The molecule has 2 rings (SSSR count). The van der Waals surface area contributed by atoms with Crippen LogP contribution in [-0.2, 0) is 0 Å². The quantitative estimate of drug-likeness (QED) is 0.665. The zero-order valence-corrected chi connectivity index (χ0v) is 14.1. The molecule has 3 N–H and O–H groups in total. The molecule has 0 spiro atoms. The lowest BCUT2D eigenvalue weighted by Crippen LogP contribution is -2.48. The second-order valence-corrected chi connectivity index (χ2v) is 6.66. The predicted molar refractivity (Wildman–Crippen MR) is 91.6 cm³/mol. The van der Waals surface area contributed by atoms with Crippen molar-refractivity contribution in [3.63, 3.8) is 0 Å². The second kappa shape index (κ2) is 5.99. The third-order valence-electron chi connectivity index (χ3n) is 4.47. The van der Waals surface area contributed by atoms with E-state index in [1.165, 1.54) is 11.3 Å². The molecule has 0 fully saturated rings. The van der Waals surface area contributed by atoms with E-state index in [4.69, 9.17) is 5.73 Å². The number of nitrogens with one attached hydrogen (secondary N) is 1. The molecule has 0 aliphatic carbocycles. The minimum Gasteiger partial charge on any atom is -0.366 e. The Bertz CT molecular complexity index is 607. The molecule has 5 nitrogen and oxygen atoms in total. The van der Waals surface area contributed by atoms with E-state index in [0.29, 0.717) is 5.92 Å². The summed E-state index contributed by atoms with van der Waals surface area (Å²) in [5.41, 5.74) is 12.2. The van der Waals surface area contributed by atoms with Gasteiger partial charge in [0.1, 0.15) is 0 Å². The first-order chi connectivity index (χ1) is 10.3. The summed E-state index contributed by atoms with van der Waals surface area (Å²) in [4.78, 5) is 13.2. The van der Waals surface area contributed by atoms with Crippen LogP contribution in [0.2, 0.25) is 0 Å².